The molecule has 14 heteroatoms. The molecule has 1 fully saturated rings. The molecule has 52 heavy (non-hydrogen) atoms. The Bertz CT molecular complexity index is 2300. The Balaban J connectivity index is 1.73. The third-order valence-corrected chi connectivity index (χ3v) is 9.58. The highest BCUT2D eigenvalue weighted by Gasteiger charge is 2.35. The number of halogens is 2. The van der Waals surface area contributed by atoms with Crippen LogP contribution in [0.25, 0.3) is 38.9 Å². The number of piperazine rings is 1. The number of nitrogens with zero attached hydrogens (tertiary/aromatic N) is 7. The molecule has 1 atom stereocenters. The summed E-state index contributed by atoms with van der Waals surface area (Å²) >= 11 is 0. The van der Waals surface area contributed by atoms with Crippen molar-refractivity contribution in [1.82, 2.24) is 39.8 Å². The van der Waals surface area contributed by atoms with E-state index in [1.165, 1.54) is 15.5 Å². The maximum Gasteiger partial charge on any atom is 0.282 e. The van der Waals surface area contributed by atoms with E-state index in [9.17, 15) is 14.0 Å². The Morgan fingerprint density at radius 3 is 2.54 bits per heavy atom. The monoisotopic (exact) mass is 711 g/mol. The molecule has 0 bridgehead atoms. The highest BCUT2D eigenvalue weighted by molar-refractivity contribution is 6.08. The fourth-order valence-corrected chi connectivity index (χ4v) is 7.01. The van der Waals surface area contributed by atoms with Crippen molar-refractivity contribution in [2.75, 3.05) is 51.7 Å². The molecule has 0 saturated carbocycles. The van der Waals surface area contributed by atoms with Gasteiger partial charge in [0.2, 0.25) is 0 Å². The van der Waals surface area contributed by atoms with Gasteiger partial charge in [-0.25, -0.2) is 13.8 Å². The maximum absolute atomic E-state index is 16.8. The second-order valence-corrected chi connectivity index (χ2v) is 13.9. The number of nitrogens with one attached hydrogen (secondary N) is 2. The average molecular weight is 712 g/mol. The Labute approximate surface area is 300 Å². The van der Waals surface area contributed by atoms with E-state index >= 15 is 9.18 Å². The standard InChI is InChI=1S/C38H43F2N9O3/c1-20(2)31-33(22(4)11-12-41-31)49-35-25(17-27(40)32(44-35)29-21(3)9-10-28-26(29)18-43-45-28)34(30(38(49)52)36(50)42-13-14-46(7)8)48-16-15-47(19-23(48)5)37(51)24(6)39/h9-12,17-18,20,23H,6,13-16,19H2,1-5,7-8H3,(H,42,50)(H,43,45)/t23-/m0/s1. The lowest BCUT2D eigenvalue weighted by Gasteiger charge is -2.42. The van der Waals surface area contributed by atoms with Gasteiger partial charge in [-0.05, 0) is 70.1 Å². The van der Waals surface area contributed by atoms with Crippen LogP contribution in [0, 0.1) is 19.7 Å². The number of aromatic amines is 1. The van der Waals surface area contributed by atoms with E-state index in [1.807, 2.05) is 63.7 Å². The first-order valence-electron chi connectivity index (χ1n) is 17.2. The minimum Gasteiger partial charge on any atom is -0.364 e. The number of hydrogen-bond donors (Lipinski definition) is 2. The number of aromatic nitrogens is 5. The van der Waals surface area contributed by atoms with Crippen LogP contribution >= 0.6 is 0 Å². The summed E-state index contributed by atoms with van der Waals surface area (Å²) in [6.45, 7) is 13.6. The van der Waals surface area contributed by atoms with Gasteiger partial charge in [-0.3, -0.25) is 29.0 Å². The number of pyridine rings is 3. The van der Waals surface area contributed by atoms with Gasteiger partial charge in [-0.2, -0.15) is 5.10 Å². The van der Waals surface area contributed by atoms with E-state index < -0.39 is 35.1 Å². The van der Waals surface area contributed by atoms with Crippen molar-refractivity contribution in [1.29, 1.82) is 0 Å². The van der Waals surface area contributed by atoms with E-state index in [0.29, 0.717) is 40.0 Å². The van der Waals surface area contributed by atoms with Gasteiger partial charge in [0.25, 0.3) is 17.4 Å². The first kappa shape index (κ1) is 36.3. The Morgan fingerprint density at radius 2 is 1.87 bits per heavy atom. The molecular formula is C38H43F2N9O3. The summed E-state index contributed by atoms with van der Waals surface area (Å²) in [4.78, 5) is 56.8. The van der Waals surface area contributed by atoms with Gasteiger partial charge in [0.05, 0.1) is 28.8 Å². The summed E-state index contributed by atoms with van der Waals surface area (Å²) < 4.78 is 32.2. The highest BCUT2D eigenvalue weighted by Crippen LogP contribution is 2.38. The number of likely N-dealkylation sites (N-methyl/N-ethyl adjacent to an activating group) is 1. The fourth-order valence-electron chi connectivity index (χ4n) is 7.01. The molecule has 5 aromatic rings. The van der Waals surface area contributed by atoms with Crippen molar-refractivity contribution >= 4 is 39.4 Å². The van der Waals surface area contributed by atoms with Gasteiger partial charge < -0.3 is 20.0 Å². The first-order valence-corrected chi connectivity index (χ1v) is 17.2. The molecule has 1 aliphatic rings. The molecular weight excluding hydrogens is 668 g/mol. The molecule has 0 spiro atoms. The quantitative estimate of drug-likeness (QED) is 0.204. The Morgan fingerprint density at radius 1 is 1.12 bits per heavy atom. The third kappa shape index (κ3) is 6.42. The largest absolute Gasteiger partial charge is 0.364 e. The van der Waals surface area contributed by atoms with Crippen molar-refractivity contribution in [3.05, 3.63) is 87.6 Å². The second kappa shape index (κ2) is 14.3. The van der Waals surface area contributed by atoms with E-state index in [1.54, 1.807) is 25.4 Å². The fraction of sp³-hybridized carbons (Fsp3) is 0.368. The molecule has 0 radical (unpaired) electrons. The minimum absolute atomic E-state index is 0.0110. The van der Waals surface area contributed by atoms with E-state index in [-0.39, 0.29) is 60.1 Å². The highest BCUT2D eigenvalue weighted by atomic mass is 19.1. The molecule has 1 aliphatic heterocycles. The van der Waals surface area contributed by atoms with Gasteiger partial charge in [0, 0.05) is 61.3 Å². The van der Waals surface area contributed by atoms with Crippen LogP contribution in [0.5, 0.6) is 0 Å². The van der Waals surface area contributed by atoms with Gasteiger partial charge in [0.15, 0.2) is 11.5 Å². The van der Waals surface area contributed by atoms with Crippen LogP contribution in [0.3, 0.4) is 0 Å². The van der Waals surface area contributed by atoms with E-state index in [4.69, 9.17) is 4.98 Å². The number of carbonyl (C=O) groups is 2. The number of rotatable bonds is 9. The molecule has 1 saturated heterocycles. The lowest BCUT2D eigenvalue weighted by molar-refractivity contribution is -0.129. The van der Waals surface area contributed by atoms with Crippen molar-refractivity contribution in [3.63, 3.8) is 0 Å². The lowest BCUT2D eigenvalue weighted by atomic mass is 9.98. The zero-order chi connectivity index (χ0) is 37.6. The number of carbonyl (C=O) groups excluding carboxylic acids is 2. The van der Waals surface area contributed by atoms with Crippen LogP contribution in [0.15, 0.2) is 53.9 Å². The maximum atomic E-state index is 16.8. The van der Waals surface area contributed by atoms with Crippen LogP contribution in [-0.4, -0.2) is 99.2 Å². The zero-order valence-corrected chi connectivity index (χ0v) is 30.5. The van der Waals surface area contributed by atoms with Crippen molar-refractivity contribution < 1.29 is 18.4 Å². The van der Waals surface area contributed by atoms with E-state index in [2.05, 4.69) is 27.1 Å². The number of aryl methyl sites for hydroxylation is 2. The van der Waals surface area contributed by atoms with Crippen LogP contribution in [-0.2, 0) is 4.79 Å². The predicted molar refractivity (Wildman–Crippen MR) is 198 cm³/mol. The Kier molecular flexibility index (Phi) is 9.95. The molecule has 12 nitrogen and oxygen atoms in total. The normalized spacial score (nSPS) is 14.9. The number of H-pyrrole nitrogens is 1. The SMILES string of the molecule is C=C(F)C(=O)N1CCN(c2c(C(=O)NCCN(C)C)c(=O)n(-c3c(C)ccnc3C(C)C)c3nc(-c4c(C)ccc5[nH]ncc45)c(F)cc23)[C@@H](C)C1. The first-order chi connectivity index (χ1) is 24.7. The van der Waals surface area contributed by atoms with Crippen LogP contribution in [0.1, 0.15) is 53.9 Å². The summed E-state index contributed by atoms with van der Waals surface area (Å²) in [7, 11) is 3.73. The van der Waals surface area contributed by atoms with Gasteiger partial charge in [-0.15, -0.1) is 0 Å². The topological polar surface area (TPSA) is 132 Å². The average Bonchev–Trinajstić information content (AvgIpc) is 3.56. The molecule has 2 amide bonds. The van der Waals surface area contributed by atoms with Crippen molar-refractivity contribution in [2.45, 2.75) is 46.6 Å². The third-order valence-electron chi connectivity index (χ3n) is 9.58. The summed E-state index contributed by atoms with van der Waals surface area (Å²) in [5, 5.41) is 10.9. The van der Waals surface area contributed by atoms with Gasteiger partial charge in [0.1, 0.15) is 17.1 Å². The van der Waals surface area contributed by atoms with Crippen molar-refractivity contribution in [2.24, 2.45) is 0 Å². The summed E-state index contributed by atoms with van der Waals surface area (Å²) in [6.07, 6.45) is 3.28. The Hall–Kier alpha value is -5.50. The van der Waals surface area contributed by atoms with Crippen molar-refractivity contribution in [3.8, 4) is 16.9 Å². The molecule has 6 rings (SSSR count). The van der Waals surface area contributed by atoms with Gasteiger partial charge in [-0.1, -0.05) is 26.5 Å². The minimum atomic E-state index is -1.08. The summed E-state index contributed by atoms with van der Waals surface area (Å²) in [5.41, 5.74) is 3.17. The number of hydrogen-bond acceptors (Lipinski definition) is 8. The molecule has 0 unspecified atom stereocenters. The number of fused-ring (bicyclic) bond motifs is 2. The van der Waals surface area contributed by atoms with Crippen LogP contribution in [0.2, 0.25) is 0 Å². The van der Waals surface area contributed by atoms with E-state index in [0.717, 1.165) is 5.56 Å². The lowest BCUT2D eigenvalue weighted by Crippen LogP contribution is -2.55. The predicted octanol–water partition coefficient (Wildman–Crippen LogP) is 5.02. The molecule has 0 aliphatic carbocycles. The number of amides is 2. The molecule has 2 N–H and O–H groups in total. The molecule has 1 aromatic carbocycles. The van der Waals surface area contributed by atoms with Crippen LogP contribution in [0.4, 0.5) is 14.5 Å². The number of benzene rings is 1. The number of anilines is 1. The second-order valence-electron chi connectivity index (χ2n) is 13.9. The molecule has 272 valence electrons. The van der Waals surface area contributed by atoms with Crippen LogP contribution < -0.4 is 15.8 Å². The summed E-state index contributed by atoms with van der Waals surface area (Å²) in [5.74, 6) is -3.35. The zero-order valence-electron chi connectivity index (χ0n) is 30.5. The van der Waals surface area contributed by atoms with Gasteiger partial charge >= 0.3 is 0 Å². The summed E-state index contributed by atoms with van der Waals surface area (Å²) in [6, 6.07) is 6.29. The molecule has 4 aromatic heterocycles. The smallest absolute Gasteiger partial charge is 0.282 e. The molecule has 5 heterocycles.